The summed E-state index contributed by atoms with van der Waals surface area (Å²) in [5.41, 5.74) is -4.51. The predicted octanol–water partition coefficient (Wildman–Crippen LogP) is 7.24. The van der Waals surface area contributed by atoms with E-state index in [1.54, 1.807) is 0 Å². The maximum Gasteiger partial charge on any atom is 0.319 e. The second kappa shape index (κ2) is 6.50. The standard InChI is InChI=1S/C24H28F6O2/c1-19-4-7-20(8-5-19,9-6-19)22-12-10-21(11-13-22,23(27,28)24(22,29)30)14-32-16-3-2-15(31)17(25)18(16)26/h2-3,31H,4-14H2,1H3. The van der Waals surface area contributed by atoms with Crippen LogP contribution in [0.3, 0.4) is 0 Å². The van der Waals surface area contributed by atoms with E-state index >= 15 is 17.6 Å². The quantitative estimate of drug-likeness (QED) is 0.478. The zero-order valence-corrected chi connectivity index (χ0v) is 18.1. The molecule has 4 bridgehead atoms. The van der Waals surface area contributed by atoms with E-state index < -0.39 is 57.8 Å². The predicted molar refractivity (Wildman–Crippen MR) is 105 cm³/mol. The number of benzene rings is 1. The van der Waals surface area contributed by atoms with Gasteiger partial charge in [-0.2, -0.15) is 26.3 Å². The highest BCUT2D eigenvalue weighted by molar-refractivity contribution is 5.34. The van der Waals surface area contributed by atoms with Gasteiger partial charge in [-0.15, -0.1) is 0 Å². The zero-order chi connectivity index (χ0) is 23.2. The van der Waals surface area contributed by atoms with Crippen LogP contribution in [0.1, 0.15) is 71.1 Å². The number of fused-ring (bicyclic) bond motifs is 6. The molecule has 0 heterocycles. The van der Waals surface area contributed by atoms with E-state index in [9.17, 15) is 13.9 Å². The fourth-order valence-corrected chi connectivity index (χ4v) is 7.46. The largest absolute Gasteiger partial charge is 0.505 e. The van der Waals surface area contributed by atoms with Crippen molar-refractivity contribution in [3.63, 3.8) is 0 Å². The lowest BCUT2D eigenvalue weighted by Crippen LogP contribution is -2.75. The van der Waals surface area contributed by atoms with Crippen LogP contribution in [-0.2, 0) is 0 Å². The molecular weight excluding hydrogens is 434 g/mol. The molecule has 0 aliphatic heterocycles. The summed E-state index contributed by atoms with van der Waals surface area (Å²) in [5.74, 6) is -13.2. The van der Waals surface area contributed by atoms with Gasteiger partial charge in [0.1, 0.15) is 0 Å². The summed E-state index contributed by atoms with van der Waals surface area (Å²) < 4.78 is 95.8. The van der Waals surface area contributed by atoms with Crippen molar-refractivity contribution >= 4 is 0 Å². The second-order valence-corrected chi connectivity index (χ2v) is 11.1. The molecule has 6 fully saturated rings. The molecule has 0 atom stereocenters. The van der Waals surface area contributed by atoms with Gasteiger partial charge in [0.2, 0.25) is 11.6 Å². The molecule has 0 aromatic heterocycles. The Hall–Kier alpha value is -1.60. The number of hydrogen-bond acceptors (Lipinski definition) is 2. The van der Waals surface area contributed by atoms with Crippen LogP contribution in [0.15, 0.2) is 12.1 Å². The van der Waals surface area contributed by atoms with E-state index in [1.165, 1.54) is 0 Å². The molecule has 6 saturated carbocycles. The van der Waals surface area contributed by atoms with Crippen LogP contribution in [0.5, 0.6) is 11.5 Å². The summed E-state index contributed by atoms with van der Waals surface area (Å²) in [6, 6.07) is 1.75. The van der Waals surface area contributed by atoms with E-state index in [4.69, 9.17) is 4.74 Å². The Morgan fingerprint density at radius 1 is 0.781 bits per heavy atom. The minimum absolute atomic E-state index is 0.0118. The number of phenolic OH excluding ortho intramolecular Hbond substituents is 1. The van der Waals surface area contributed by atoms with Gasteiger partial charge in [-0.25, -0.2) is 0 Å². The van der Waals surface area contributed by atoms with Gasteiger partial charge in [-0.1, -0.05) is 6.92 Å². The number of rotatable bonds is 4. The monoisotopic (exact) mass is 462 g/mol. The van der Waals surface area contributed by atoms with Crippen molar-refractivity contribution < 1.29 is 36.2 Å². The summed E-state index contributed by atoms with van der Waals surface area (Å²) in [7, 11) is 0. The first-order chi connectivity index (χ1) is 14.8. The number of phenols is 1. The third-order valence-corrected chi connectivity index (χ3v) is 9.89. The van der Waals surface area contributed by atoms with Gasteiger partial charge in [0, 0.05) is 5.41 Å². The van der Waals surface area contributed by atoms with Crippen LogP contribution < -0.4 is 4.74 Å². The second-order valence-electron chi connectivity index (χ2n) is 11.1. The van der Waals surface area contributed by atoms with Crippen molar-refractivity contribution in [2.24, 2.45) is 21.7 Å². The molecule has 1 aromatic carbocycles. The smallest absolute Gasteiger partial charge is 0.319 e. The molecule has 0 saturated heterocycles. The van der Waals surface area contributed by atoms with Crippen molar-refractivity contribution in [2.45, 2.75) is 83.0 Å². The average molecular weight is 462 g/mol. The first kappa shape index (κ1) is 22.2. The molecule has 1 N–H and O–H groups in total. The van der Waals surface area contributed by atoms with Crippen LogP contribution in [0, 0.1) is 33.3 Å². The van der Waals surface area contributed by atoms with Crippen molar-refractivity contribution in [2.75, 3.05) is 6.61 Å². The van der Waals surface area contributed by atoms with Crippen LogP contribution >= 0.6 is 0 Å². The summed E-state index contributed by atoms with van der Waals surface area (Å²) in [6.07, 6.45) is 3.80. The number of halogens is 6. The molecule has 32 heavy (non-hydrogen) atoms. The third kappa shape index (κ3) is 2.50. The van der Waals surface area contributed by atoms with E-state index in [0.29, 0.717) is 19.3 Å². The van der Waals surface area contributed by atoms with Crippen LogP contribution in [0.25, 0.3) is 0 Å². The van der Waals surface area contributed by atoms with Crippen LogP contribution in [0.2, 0.25) is 0 Å². The molecule has 0 spiro atoms. The van der Waals surface area contributed by atoms with Crippen molar-refractivity contribution in [3.05, 3.63) is 23.8 Å². The highest BCUT2D eigenvalue weighted by Crippen LogP contribution is 2.79. The Morgan fingerprint density at radius 3 is 1.91 bits per heavy atom. The van der Waals surface area contributed by atoms with Gasteiger partial charge in [0.25, 0.3) is 0 Å². The van der Waals surface area contributed by atoms with Gasteiger partial charge >= 0.3 is 11.8 Å². The van der Waals surface area contributed by atoms with Gasteiger partial charge in [-0.3, -0.25) is 0 Å². The molecule has 0 unspecified atom stereocenters. The lowest BCUT2D eigenvalue weighted by Gasteiger charge is -2.70. The summed E-state index contributed by atoms with van der Waals surface area (Å²) >= 11 is 0. The molecule has 1 aromatic rings. The van der Waals surface area contributed by atoms with Gasteiger partial charge in [-0.05, 0) is 87.2 Å². The Morgan fingerprint density at radius 2 is 1.34 bits per heavy atom. The van der Waals surface area contributed by atoms with Gasteiger partial charge < -0.3 is 9.84 Å². The number of aromatic hydroxyl groups is 1. The van der Waals surface area contributed by atoms with E-state index in [2.05, 4.69) is 6.92 Å². The molecule has 2 nitrogen and oxygen atoms in total. The minimum atomic E-state index is -4.32. The molecular formula is C24H28F6O2. The number of ether oxygens (including phenoxy) is 1. The average Bonchev–Trinajstić information content (AvgIpc) is 2.77. The number of alkyl halides is 4. The molecule has 6 aliphatic carbocycles. The van der Waals surface area contributed by atoms with Gasteiger partial charge in [0.15, 0.2) is 11.5 Å². The van der Waals surface area contributed by atoms with Crippen molar-refractivity contribution in [1.29, 1.82) is 0 Å². The lowest BCUT2D eigenvalue weighted by molar-refractivity contribution is -0.399. The van der Waals surface area contributed by atoms with E-state index in [-0.39, 0.29) is 31.1 Å². The van der Waals surface area contributed by atoms with E-state index in [1.807, 2.05) is 0 Å². The maximum atomic E-state index is 15.9. The SMILES string of the molecule is CC12CCC(C34CCC(COc5ccc(O)c(F)c5F)(CC3)C(F)(F)C4(F)F)(CC1)CC2. The Labute approximate surface area is 183 Å². The fraction of sp³-hybridized carbons (Fsp3) is 0.750. The lowest BCUT2D eigenvalue weighted by atomic mass is 9.37. The number of hydrogen-bond donors (Lipinski definition) is 1. The molecule has 0 radical (unpaired) electrons. The van der Waals surface area contributed by atoms with Crippen LogP contribution in [-0.4, -0.2) is 23.6 Å². The Bertz CT molecular complexity index is 910. The Balaban J connectivity index is 1.45. The van der Waals surface area contributed by atoms with Gasteiger partial charge in [0.05, 0.1) is 12.0 Å². The normalized spacial score (nSPS) is 41.6. The molecule has 6 aliphatic rings. The zero-order valence-electron chi connectivity index (χ0n) is 18.1. The van der Waals surface area contributed by atoms with Crippen molar-refractivity contribution in [3.8, 4) is 11.5 Å². The summed E-state index contributed by atoms with van der Waals surface area (Å²) in [5, 5.41) is 9.23. The van der Waals surface area contributed by atoms with Crippen LogP contribution in [0.4, 0.5) is 26.3 Å². The molecule has 178 valence electrons. The topological polar surface area (TPSA) is 29.5 Å². The highest BCUT2D eigenvalue weighted by Gasteiger charge is 2.85. The molecule has 7 rings (SSSR count). The first-order valence-electron chi connectivity index (χ1n) is 11.4. The molecule has 8 heteroatoms. The fourth-order valence-electron chi connectivity index (χ4n) is 7.46. The summed E-state index contributed by atoms with van der Waals surface area (Å²) in [4.78, 5) is 0. The highest BCUT2D eigenvalue weighted by atomic mass is 19.3. The van der Waals surface area contributed by atoms with Crippen molar-refractivity contribution in [1.82, 2.24) is 0 Å². The summed E-state index contributed by atoms with van der Waals surface area (Å²) in [6.45, 7) is 1.33. The Kier molecular flexibility index (Phi) is 4.51. The minimum Gasteiger partial charge on any atom is -0.505 e. The maximum absolute atomic E-state index is 15.9. The first-order valence-corrected chi connectivity index (χ1v) is 11.4. The third-order valence-electron chi connectivity index (χ3n) is 9.89. The molecule has 0 amide bonds. The van der Waals surface area contributed by atoms with E-state index in [0.717, 1.165) is 31.4 Å².